The zero-order valence-corrected chi connectivity index (χ0v) is 20.8. The molecule has 31 heavy (non-hydrogen) atoms. The van der Waals surface area contributed by atoms with Crippen molar-refractivity contribution in [3.8, 4) is 5.75 Å². The fourth-order valence-corrected chi connectivity index (χ4v) is 3.77. The number of carbonyl (C=O) groups is 2. The van der Waals surface area contributed by atoms with Gasteiger partial charge in [-0.15, -0.1) is 0 Å². The number of carbonyl (C=O) groups excluding carboxylic acids is 2. The predicted octanol–water partition coefficient (Wildman–Crippen LogP) is 8.58. The maximum atomic E-state index is 11.9. The molecule has 0 N–H and O–H groups in total. The molecule has 1 rings (SSSR count). The molecule has 7 heteroatoms. The quantitative estimate of drug-likeness (QED) is 0.0943. The highest BCUT2D eigenvalue weighted by molar-refractivity contribution is 6.44. The Kier molecular flexibility index (Phi) is 15.9. The SMILES string of the molecule is CCCCCCCCCCCCCCOC(=O)CCC(=O)Oc1c(Cl)ccc(Cl)c1Cl. The Labute approximate surface area is 201 Å². The summed E-state index contributed by atoms with van der Waals surface area (Å²) >= 11 is 17.8. The number of hydrogen-bond donors (Lipinski definition) is 0. The first-order valence-corrected chi connectivity index (χ1v) is 12.6. The maximum absolute atomic E-state index is 11.9. The average Bonchev–Trinajstić information content (AvgIpc) is 2.75. The molecule has 1 aromatic rings. The molecule has 0 aromatic heterocycles. The molecule has 0 fully saturated rings. The van der Waals surface area contributed by atoms with Crippen LogP contribution in [0.25, 0.3) is 0 Å². The average molecular weight is 494 g/mol. The number of ether oxygens (including phenoxy) is 2. The molecule has 176 valence electrons. The third-order valence-electron chi connectivity index (χ3n) is 5.01. The molecule has 0 spiro atoms. The van der Waals surface area contributed by atoms with Crippen LogP contribution < -0.4 is 4.74 Å². The van der Waals surface area contributed by atoms with Crippen molar-refractivity contribution in [2.75, 3.05) is 6.61 Å². The summed E-state index contributed by atoms with van der Waals surface area (Å²) in [6, 6.07) is 3.00. The van der Waals surface area contributed by atoms with E-state index >= 15 is 0 Å². The summed E-state index contributed by atoms with van der Waals surface area (Å²) < 4.78 is 10.3. The van der Waals surface area contributed by atoms with Crippen LogP contribution in [0.4, 0.5) is 0 Å². The van der Waals surface area contributed by atoms with Crippen LogP contribution in [0.1, 0.15) is 96.8 Å². The Morgan fingerprint density at radius 3 is 1.77 bits per heavy atom. The summed E-state index contributed by atoms with van der Waals surface area (Å²) in [6.07, 6.45) is 14.9. The highest BCUT2D eigenvalue weighted by atomic mass is 35.5. The van der Waals surface area contributed by atoms with Gasteiger partial charge in [-0.3, -0.25) is 9.59 Å². The van der Waals surface area contributed by atoms with Gasteiger partial charge in [-0.1, -0.05) is 112 Å². The zero-order valence-electron chi connectivity index (χ0n) is 18.5. The first-order chi connectivity index (χ1) is 15.0. The number of esters is 2. The van der Waals surface area contributed by atoms with Gasteiger partial charge in [0.1, 0.15) is 5.02 Å². The minimum atomic E-state index is -0.617. The van der Waals surface area contributed by atoms with E-state index in [-0.39, 0.29) is 33.7 Å². The van der Waals surface area contributed by atoms with E-state index in [0.29, 0.717) is 6.61 Å². The zero-order chi connectivity index (χ0) is 22.9. The van der Waals surface area contributed by atoms with Crippen molar-refractivity contribution in [3.63, 3.8) is 0 Å². The molecular formula is C24H35Cl3O4. The maximum Gasteiger partial charge on any atom is 0.311 e. The van der Waals surface area contributed by atoms with E-state index in [2.05, 4.69) is 6.92 Å². The molecule has 0 atom stereocenters. The van der Waals surface area contributed by atoms with Crippen LogP contribution in [0.5, 0.6) is 5.75 Å². The Morgan fingerprint density at radius 1 is 0.710 bits per heavy atom. The van der Waals surface area contributed by atoms with Gasteiger partial charge in [0.15, 0.2) is 5.75 Å². The number of rotatable bonds is 17. The summed E-state index contributed by atoms with van der Waals surface area (Å²) in [5.74, 6) is -1.03. The monoisotopic (exact) mass is 492 g/mol. The van der Waals surface area contributed by atoms with Crippen LogP contribution in [-0.2, 0) is 14.3 Å². The highest BCUT2D eigenvalue weighted by Gasteiger charge is 2.16. The lowest BCUT2D eigenvalue weighted by molar-refractivity contribution is -0.147. The van der Waals surface area contributed by atoms with Gasteiger partial charge in [0.25, 0.3) is 0 Å². The molecule has 0 aliphatic rings. The Hall–Kier alpha value is -0.970. The minimum Gasteiger partial charge on any atom is -0.466 e. The summed E-state index contributed by atoms with van der Waals surface area (Å²) in [5, 5.41) is 0.477. The largest absolute Gasteiger partial charge is 0.466 e. The summed E-state index contributed by atoms with van der Waals surface area (Å²) in [4.78, 5) is 23.7. The second-order valence-electron chi connectivity index (χ2n) is 7.76. The van der Waals surface area contributed by atoms with Gasteiger partial charge < -0.3 is 9.47 Å². The van der Waals surface area contributed by atoms with Crippen molar-refractivity contribution in [1.29, 1.82) is 0 Å². The normalized spacial score (nSPS) is 10.8. The molecule has 0 aliphatic carbocycles. The highest BCUT2D eigenvalue weighted by Crippen LogP contribution is 2.38. The Bertz CT molecular complexity index is 664. The van der Waals surface area contributed by atoms with Crippen LogP contribution in [0, 0.1) is 0 Å². The van der Waals surface area contributed by atoms with E-state index in [1.165, 1.54) is 76.3 Å². The Balaban J connectivity index is 2.00. The molecule has 0 saturated carbocycles. The van der Waals surface area contributed by atoms with Gasteiger partial charge >= 0.3 is 11.9 Å². The van der Waals surface area contributed by atoms with E-state index < -0.39 is 11.9 Å². The van der Waals surface area contributed by atoms with Gasteiger partial charge in [-0.25, -0.2) is 0 Å². The first kappa shape index (κ1) is 28.1. The van der Waals surface area contributed by atoms with Crippen molar-refractivity contribution in [3.05, 3.63) is 27.2 Å². The van der Waals surface area contributed by atoms with E-state index in [1.807, 2.05) is 0 Å². The summed E-state index contributed by atoms with van der Waals surface area (Å²) in [6.45, 7) is 2.63. The van der Waals surface area contributed by atoms with Crippen molar-refractivity contribution in [1.82, 2.24) is 0 Å². The molecule has 0 amide bonds. The number of hydrogen-bond acceptors (Lipinski definition) is 4. The molecule has 0 heterocycles. The van der Waals surface area contributed by atoms with E-state index in [1.54, 1.807) is 0 Å². The lowest BCUT2D eigenvalue weighted by atomic mass is 10.1. The number of unbranched alkanes of at least 4 members (excludes halogenated alkanes) is 11. The van der Waals surface area contributed by atoms with Crippen LogP contribution in [0.2, 0.25) is 15.1 Å². The number of benzene rings is 1. The smallest absolute Gasteiger partial charge is 0.311 e. The Morgan fingerprint density at radius 2 is 1.19 bits per heavy atom. The molecule has 1 aromatic carbocycles. The van der Waals surface area contributed by atoms with Crippen molar-refractivity contribution >= 4 is 46.7 Å². The van der Waals surface area contributed by atoms with Crippen LogP contribution in [0.15, 0.2) is 12.1 Å². The molecular weight excluding hydrogens is 459 g/mol. The van der Waals surface area contributed by atoms with Crippen molar-refractivity contribution in [2.24, 2.45) is 0 Å². The van der Waals surface area contributed by atoms with E-state index in [4.69, 9.17) is 44.3 Å². The van der Waals surface area contributed by atoms with E-state index in [9.17, 15) is 9.59 Å². The van der Waals surface area contributed by atoms with Crippen molar-refractivity contribution in [2.45, 2.75) is 96.8 Å². The summed E-state index contributed by atoms with van der Waals surface area (Å²) in [7, 11) is 0. The third kappa shape index (κ3) is 13.2. The first-order valence-electron chi connectivity index (χ1n) is 11.5. The van der Waals surface area contributed by atoms with Crippen molar-refractivity contribution < 1.29 is 19.1 Å². The summed E-state index contributed by atoms with van der Waals surface area (Å²) in [5.41, 5.74) is 0. The van der Waals surface area contributed by atoms with Gasteiger partial charge in [0, 0.05) is 0 Å². The number of halogens is 3. The molecule has 0 unspecified atom stereocenters. The molecule has 0 radical (unpaired) electrons. The second-order valence-corrected chi connectivity index (χ2v) is 8.95. The fourth-order valence-electron chi connectivity index (χ4n) is 3.17. The predicted molar refractivity (Wildman–Crippen MR) is 128 cm³/mol. The lowest BCUT2D eigenvalue weighted by Gasteiger charge is -2.09. The third-order valence-corrected chi connectivity index (χ3v) is 6.10. The van der Waals surface area contributed by atoms with Gasteiger partial charge in [-0.05, 0) is 18.6 Å². The topological polar surface area (TPSA) is 52.6 Å². The molecule has 0 bridgehead atoms. The minimum absolute atomic E-state index is 0.00527. The van der Waals surface area contributed by atoms with Crippen LogP contribution >= 0.6 is 34.8 Å². The lowest BCUT2D eigenvalue weighted by Crippen LogP contribution is -2.13. The van der Waals surface area contributed by atoms with Crippen LogP contribution in [-0.4, -0.2) is 18.5 Å². The standard InChI is InChI=1S/C24H35Cl3O4/c1-2-3-4-5-6-7-8-9-10-11-12-13-18-30-21(28)16-17-22(29)31-24-20(26)15-14-19(25)23(24)27/h14-15H,2-13,16-18H2,1H3. The van der Waals surface area contributed by atoms with E-state index in [0.717, 1.165) is 12.8 Å². The van der Waals surface area contributed by atoms with Gasteiger partial charge in [0.05, 0.1) is 29.5 Å². The van der Waals surface area contributed by atoms with Gasteiger partial charge in [0.2, 0.25) is 0 Å². The van der Waals surface area contributed by atoms with Crippen LogP contribution in [0.3, 0.4) is 0 Å². The molecule has 0 saturated heterocycles. The molecule has 4 nitrogen and oxygen atoms in total. The van der Waals surface area contributed by atoms with Gasteiger partial charge in [-0.2, -0.15) is 0 Å². The molecule has 0 aliphatic heterocycles. The fraction of sp³-hybridized carbons (Fsp3) is 0.667. The second kappa shape index (κ2) is 17.6.